The normalized spacial score (nSPS) is 16.3. The molecule has 4 rings (SSSR count). The molecule has 3 nitrogen and oxygen atoms in total. The molecule has 0 unspecified atom stereocenters. The van der Waals surface area contributed by atoms with Crippen molar-refractivity contribution in [2.75, 3.05) is 24.0 Å². The second-order valence-corrected chi connectivity index (χ2v) is 7.38. The van der Waals surface area contributed by atoms with E-state index in [1.54, 1.807) is 0 Å². The molecule has 0 aliphatic carbocycles. The molecule has 0 radical (unpaired) electrons. The third kappa shape index (κ3) is 3.69. The van der Waals surface area contributed by atoms with Gasteiger partial charge < -0.3 is 4.90 Å². The molecule has 136 valence electrons. The molecule has 0 spiro atoms. The minimum Gasteiger partial charge on any atom is -0.378 e. The maximum atomic E-state index is 6.08. The maximum Gasteiger partial charge on any atom is 0.0831 e. The first-order chi connectivity index (χ1) is 13.1. The number of hydrogen-bond donors (Lipinski definition) is 0. The highest BCUT2D eigenvalue weighted by molar-refractivity contribution is 6.30. The Labute approximate surface area is 165 Å². The molecule has 4 heteroatoms. The quantitative estimate of drug-likeness (QED) is 0.577. The lowest BCUT2D eigenvalue weighted by molar-refractivity contribution is 0.709. The van der Waals surface area contributed by atoms with Crippen molar-refractivity contribution in [3.63, 3.8) is 0 Å². The largest absolute Gasteiger partial charge is 0.378 e. The molecule has 0 saturated heterocycles. The van der Waals surface area contributed by atoms with Gasteiger partial charge in [-0.15, -0.1) is 0 Å². The minimum absolute atomic E-state index is 0.164. The van der Waals surface area contributed by atoms with Crippen LogP contribution in [-0.4, -0.2) is 19.8 Å². The van der Waals surface area contributed by atoms with Gasteiger partial charge in [0.15, 0.2) is 0 Å². The average molecular weight is 376 g/mol. The molecule has 1 heterocycles. The standard InChI is InChI=1S/C23H22ClN3/c1-26(2)20-12-8-18(9-13-20)23-16-22(17-6-4-3-5-7-17)25-27(23)21-14-10-19(24)11-15-21/h3-15,23H,16H2,1-2H3/t23-/m1/s1. The van der Waals surface area contributed by atoms with E-state index in [9.17, 15) is 0 Å². The molecule has 0 bridgehead atoms. The summed E-state index contributed by atoms with van der Waals surface area (Å²) in [6, 6.07) is 27.2. The Bertz CT molecular complexity index is 932. The number of rotatable bonds is 4. The first-order valence-electron chi connectivity index (χ1n) is 9.07. The van der Waals surface area contributed by atoms with Crippen molar-refractivity contribution in [3.8, 4) is 0 Å². The number of halogens is 1. The highest BCUT2D eigenvalue weighted by Crippen LogP contribution is 2.37. The van der Waals surface area contributed by atoms with E-state index in [0.717, 1.165) is 22.8 Å². The molecule has 1 aliphatic heterocycles. The Morgan fingerprint density at radius 3 is 2.19 bits per heavy atom. The Morgan fingerprint density at radius 2 is 1.56 bits per heavy atom. The summed E-state index contributed by atoms with van der Waals surface area (Å²) >= 11 is 6.08. The van der Waals surface area contributed by atoms with Gasteiger partial charge in [0.2, 0.25) is 0 Å². The summed E-state index contributed by atoms with van der Waals surface area (Å²) in [5.74, 6) is 0. The molecule has 0 fully saturated rings. The van der Waals surface area contributed by atoms with Gasteiger partial charge in [0, 0.05) is 31.2 Å². The Kier molecular flexibility index (Phi) is 4.87. The molecule has 1 atom stereocenters. The number of hydrazone groups is 1. The zero-order valence-corrected chi connectivity index (χ0v) is 16.3. The van der Waals surface area contributed by atoms with E-state index in [2.05, 4.69) is 72.5 Å². The minimum atomic E-state index is 0.164. The first kappa shape index (κ1) is 17.6. The Balaban J connectivity index is 1.71. The van der Waals surface area contributed by atoms with E-state index in [4.69, 9.17) is 16.7 Å². The van der Waals surface area contributed by atoms with Crippen LogP contribution in [0.1, 0.15) is 23.6 Å². The topological polar surface area (TPSA) is 18.8 Å². The van der Waals surface area contributed by atoms with Crippen LogP contribution in [0.4, 0.5) is 11.4 Å². The van der Waals surface area contributed by atoms with Crippen molar-refractivity contribution in [3.05, 3.63) is 95.0 Å². The van der Waals surface area contributed by atoms with E-state index in [-0.39, 0.29) is 6.04 Å². The Hall–Kier alpha value is -2.78. The molecule has 0 aromatic heterocycles. The lowest BCUT2D eigenvalue weighted by atomic mass is 9.98. The van der Waals surface area contributed by atoms with E-state index >= 15 is 0 Å². The van der Waals surface area contributed by atoms with E-state index < -0.39 is 0 Å². The monoisotopic (exact) mass is 375 g/mol. The van der Waals surface area contributed by atoms with Gasteiger partial charge in [-0.2, -0.15) is 5.10 Å². The summed E-state index contributed by atoms with van der Waals surface area (Å²) in [5, 5.41) is 7.82. The smallest absolute Gasteiger partial charge is 0.0831 e. The van der Waals surface area contributed by atoms with Crippen LogP contribution in [0.5, 0.6) is 0 Å². The predicted molar refractivity (Wildman–Crippen MR) is 115 cm³/mol. The van der Waals surface area contributed by atoms with Crippen LogP contribution < -0.4 is 9.91 Å². The molecule has 1 aliphatic rings. The first-order valence-corrected chi connectivity index (χ1v) is 9.44. The summed E-state index contributed by atoms with van der Waals surface area (Å²) in [6.07, 6.45) is 0.869. The molecular weight excluding hydrogens is 354 g/mol. The third-order valence-electron chi connectivity index (χ3n) is 4.90. The van der Waals surface area contributed by atoms with Gasteiger partial charge in [-0.05, 0) is 47.5 Å². The average Bonchev–Trinajstić information content (AvgIpc) is 3.15. The molecule has 3 aromatic carbocycles. The SMILES string of the molecule is CN(C)c1ccc([C@H]2CC(c3ccccc3)=NN2c2ccc(Cl)cc2)cc1. The predicted octanol–water partition coefficient (Wildman–Crippen LogP) is 5.76. The second-order valence-electron chi connectivity index (χ2n) is 6.94. The summed E-state index contributed by atoms with van der Waals surface area (Å²) in [6.45, 7) is 0. The van der Waals surface area contributed by atoms with Crippen LogP contribution in [0, 0.1) is 0 Å². The highest BCUT2D eigenvalue weighted by atomic mass is 35.5. The number of nitrogens with zero attached hydrogens (tertiary/aromatic N) is 3. The maximum absolute atomic E-state index is 6.08. The lowest BCUT2D eigenvalue weighted by Gasteiger charge is -2.24. The summed E-state index contributed by atoms with van der Waals surface area (Å²) in [7, 11) is 4.11. The van der Waals surface area contributed by atoms with Crippen molar-refractivity contribution in [1.29, 1.82) is 0 Å². The fourth-order valence-corrected chi connectivity index (χ4v) is 3.53. The molecule has 27 heavy (non-hydrogen) atoms. The number of benzene rings is 3. The summed E-state index contributed by atoms with van der Waals surface area (Å²) in [4.78, 5) is 2.11. The van der Waals surface area contributed by atoms with Crippen LogP contribution in [0.15, 0.2) is 84.0 Å². The van der Waals surface area contributed by atoms with Gasteiger partial charge in [-0.3, -0.25) is 5.01 Å². The van der Waals surface area contributed by atoms with Gasteiger partial charge in [-0.25, -0.2) is 0 Å². The zero-order chi connectivity index (χ0) is 18.8. The van der Waals surface area contributed by atoms with E-state index in [1.807, 2.05) is 30.3 Å². The second kappa shape index (κ2) is 7.45. The van der Waals surface area contributed by atoms with Gasteiger partial charge in [0.25, 0.3) is 0 Å². The van der Waals surface area contributed by atoms with Crippen LogP contribution in [0.3, 0.4) is 0 Å². The van der Waals surface area contributed by atoms with Crippen LogP contribution in [-0.2, 0) is 0 Å². The van der Waals surface area contributed by atoms with Crippen molar-refractivity contribution < 1.29 is 0 Å². The fourth-order valence-electron chi connectivity index (χ4n) is 3.40. The number of anilines is 2. The van der Waals surface area contributed by atoms with Gasteiger partial charge >= 0.3 is 0 Å². The molecule has 0 amide bonds. The van der Waals surface area contributed by atoms with Crippen molar-refractivity contribution >= 4 is 28.7 Å². The zero-order valence-electron chi connectivity index (χ0n) is 15.5. The highest BCUT2D eigenvalue weighted by Gasteiger charge is 2.29. The van der Waals surface area contributed by atoms with E-state index in [1.165, 1.54) is 16.8 Å². The summed E-state index contributed by atoms with van der Waals surface area (Å²) < 4.78 is 0. The van der Waals surface area contributed by atoms with Gasteiger partial charge in [0.1, 0.15) is 0 Å². The van der Waals surface area contributed by atoms with Crippen LogP contribution >= 0.6 is 11.6 Å². The molecule has 0 N–H and O–H groups in total. The third-order valence-corrected chi connectivity index (χ3v) is 5.15. The van der Waals surface area contributed by atoms with Gasteiger partial charge in [-0.1, -0.05) is 54.1 Å². The van der Waals surface area contributed by atoms with Crippen LogP contribution in [0.2, 0.25) is 5.02 Å². The lowest BCUT2D eigenvalue weighted by Crippen LogP contribution is -2.18. The molecular formula is C23H22ClN3. The molecule has 3 aromatic rings. The van der Waals surface area contributed by atoms with Crippen molar-refractivity contribution in [2.24, 2.45) is 5.10 Å². The van der Waals surface area contributed by atoms with Crippen LogP contribution in [0.25, 0.3) is 0 Å². The Morgan fingerprint density at radius 1 is 0.889 bits per heavy atom. The fraction of sp³-hybridized carbons (Fsp3) is 0.174. The van der Waals surface area contributed by atoms with E-state index in [0.29, 0.717) is 0 Å². The van der Waals surface area contributed by atoms with Gasteiger partial charge in [0.05, 0.1) is 17.4 Å². The van der Waals surface area contributed by atoms with Crippen molar-refractivity contribution in [1.82, 2.24) is 0 Å². The number of hydrogen-bond acceptors (Lipinski definition) is 3. The summed E-state index contributed by atoms with van der Waals surface area (Å²) in [5.41, 5.74) is 5.77. The molecule has 0 saturated carbocycles. The van der Waals surface area contributed by atoms with Crippen molar-refractivity contribution in [2.45, 2.75) is 12.5 Å².